The summed E-state index contributed by atoms with van der Waals surface area (Å²) in [7, 11) is 0. The zero-order valence-electron chi connectivity index (χ0n) is 10.0. The second-order valence-corrected chi connectivity index (χ2v) is 4.02. The van der Waals surface area contributed by atoms with Crippen LogP contribution in [-0.2, 0) is 9.53 Å². The molecule has 0 aliphatic carbocycles. The maximum Gasteiger partial charge on any atom is 0.249 e. The van der Waals surface area contributed by atoms with Crippen molar-refractivity contribution in [1.82, 2.24) is 14.9 Å². The van der Waals surface area contributed by atoms with Crippen LogP contribution in [0.25, 0.3) is 0 Å². The third-order valence-electron chi connectivity index (χ3n) is 2.95. The van der Waals surface area contributed by atoms with E-state index in [-0.39, 0.29) is 18.6 Å². The Kier molecular flexibility index (Phi) is 4.03. The normalized spacial score (nSPS) is 19.6. The van der Waals surface area contributed by atoms with E-state index in [1.807, 2.05) is 17.9 Å². The van der Waals surface area contributed by atoms with Gasteiger partial charge in [0.2, 0.25) is 5.91 Å². The van der Waals surface area contributed by atoms with Crippen molar-refractivity contribution in [2.75, 3.05) is 19.8 Å². The van der Waals surface area contributed by atoms with E-state index < -0.39 is 0 Å². The predicted octanol–water partition coefficient (Wildman–Crippen LogP) is 1.18. The first-order chi connectivity index (χ1) is 8.33. The predicted molar refractivity (Wildman–Crippen MR) is 62.2 cm³/mol. The topological polar surface area (TPSA) is 55.3 Å². The van der Waals surface area contributed by atoms with Crippen LogP contribution in [0.1, 0.15) is 31.5 Å². The van der Waals surface area contributed by atoms with Gasteiger partial charge in [-0.25, -0.2) is 9.97 Å². The summed E-state index contributed by atoms with van der Waals surface area (Å²) in [6.45, 7) is 3.41. The molecule has 0 bridgehead atoms. The van der Waals surface area contributed by atoms with E-state index >= 15 is 0 Å². The van der Waals surface area contributed by atoms with Crippen LogP contribution in [0.15, 0.2) is 18.6 Å². The maximum absolute atomic E-state index is 11.9. The molecule has 1 atom stereocenters. The van der Waals surface area contributed by atoms with Gasteiger partial charge in [0.25, 0.3) is 0 Å². The zero-order valence-corrected chi connectivity index (χ0v) is 10.0. The summed E-state index contributed by atoms with van der Waals surface area (Å²) in [4.78, 5) is 21.9. The third kappa shape index (κ3) is 2.79. The molecule has 0 aromatic carbocycles. The maximum atomic E-state index is 11.9. The average molecular weight is 235 g/mol. The fourth-order valence-electron chi connectivity index (χ4n) is 2.14. The molecule has 92 valence electrons. The molecule has 0 N–H and O–H groups in total. The minimum atomic E-state index is 0.0490. The summed E-state index contributed by atoms with van der Waals surface area (Å²) in [5, 5.41) is 0. The van der Waals surface area contributed by atoms with E-state index in [1.54, 1.807) is 6.20 Å². The smallest absolute Gasteiger partial charge is 0.249 e. The number of nitrogens with zero attached hydrogens (tertiary/aromatic N) is 3. The van der Waals surface area contributed by atoms with Gasteiger partial charge in [-0.15, -0.1) is 0 Å². The Morgan fingerprint density at radius 3 is 3.24 bits per heavy atom. The monoisotopic (exact) mass is 235 g/mol. The van der Waals surface area contributed by atoms with Crippen molar-refractivity contribution in [3.63, 3.8) is 0 Å². The molecule has 5 heteroatoms. The van der Waals surface area contributed by atoms with Crippen LogP contribution >= 0.6 is 0 Å². The molecule has 2 rings (SSSR count). The number of hydrogen-bond donors (Lipinski definition) is 0. The fourth-order valence-corrected chi connectivity index (χ4v) is 2.14. The van der Waals surface area contributed by atoms with E-state index in [9.17, 15) is 4.79 Å². The molecular formula is C12H17N3O2. The van der Waals surface area contributed by atoms with Gasteiger partial charge >= 0.3 is 0 Å². The minimum absolute atomic E-state index is 0.0490. The quantitative estimate of drug-likeness (QED) is 0.786. The van der Waals surface area contributed by atoms with Gasteiger partial charge in [-0.2, -0.15) is 0 Å². The largest absolute Gasteiger partial charge is 0.372 e. The first-order valence-corrected chi connectivity index (χ1v) is 5.96. The molecule has 0 saturated carbocycles. The van der Waals surface area contributed by atoms with Gasteiger partial charge in [-0.1, -0.05) is 0 Å². The van der Waals surface area contributed by atoms with Crippen molar-refractivity contribution >= 4 is 5.91 Å². The van der Waals surface area contributed by atoms with Crippen molar-refractivity contribution in [3.05, 3.63) is 24.3 Å². The van der Waals surface area contributed by atoms with Crippen LogP contribution in [-0.4, -0.2) is 40.5 Å². The Labute approximate surface area is 101 Å². The highest BCUT2D eigenvalue weighted by molar-refractivity contribution is 5.78. The van der Waals surface area contributed by atoms with Crippen molar-refractivity contribution in [2.45, 2.75) is 25.8 Å². The number of ether oxygens (including phenoxy) is 1. The molecule has 1 fully saturated rings. The molecule has 2 heterocycles. The molecule has 0 radical (unpaired) electrons. The highest BCUT2D eigenvalue weighted by Gasteiger charge is 2.30. The van der Waals surface area contributed by atoms with Crippen molar-refractivity contribution < 1.29 is 9.53 Å². The van der Waals surface area contributed by atoms with Crippen molar-refractivity contribution in [2.24, 2.45) is 0 Å². The van der Waals surface area contributed by atoms with Gasteiger partial charge in [0.15, 0.2) is 0 Å². The molecule has 1 aromatic rings. The lowest BCUT2D eigenvalue weighted by atomic mass is 10.1. The van der Waals surface area contributed by atoms with Gasteiger partial charge < -0.3 is 9.64 Å². The molecule has 5 nitrogen and oxygen atoms in total. The van der Waals surface area contributed by atoms with E-state index in [0.29, 0.717) is 6.61 Å². The van der Waals surface area contributed by atoms with Gasteiger partial charge in [0.1, 0.15) is 12.9 Å². The standard InChI is InChI=1S/C12H17N3O2/c1-2-17-8-12(16)15-7-3-4-11(15)10-5-6-13-9-14-10/h5-6,9,11H,2-4,7-8H2,1H3/t11-/m1/s1. The highest BCUT2D eigenvalue weighted by Crippen LogP contribution is 2.30. The summed E-state index contributed by atoms with van der Waals surface area (Å²) in [5.74, 6) is 0.0490. The number of hydrogen-bond acceptors (Lipinski definition) is 4. The SMILES string of the molecule is CCOCC(=O)N1CCC[C@@H]1c1ccncn1. The van der Waals surface area contributed by atoms with Crippen molar-refractivity contribution in [3.8, 4) is 0 Å². The molecule has 1 aromatic heterocycles. The molecule has 0 unspecified atom stereocenters. The van der Waals surface area contributed by atoms with Gasteiger partial charge in [0.05, 0.1) is 11.7 Å². The number of likely N-dealkylation sites (tertiary alicyclic amines) is 1. The molecule has 1 saturated heterocycles. The fraction of sp³-hybridized carbons (Fsp3) is 0.583. The third-order valence-corrected chi connectivity index (χ3v) is 2.95. The summed E-state index contributed by atoms with van der Waals surface area (Å²) >= 11 is 0. The van der Waals surface area contributed by atoms with E-state index in [1.165, 1.54) is 6.33 Å². The van der Waals surface area contributed by atoms with Gasteiger partial charge in [-0.3, -0.25) is 4.79 Å². The lowest BCUT2D eigenvalue weighted by molar-refractivity contribution is -0.137. The second kappa shape index (κ2) is 5.72. The van der Waals surface area contributed by atoms with Crippen LogP contribution in [0.2, 0.25) is 0 Å². The van der Waals surface area contributed by atoms with Gasteiger partial charge in [-0.05, 0) is 25.8 Å². The van der Waals surface area contributed by atoms with Crippen LogP contribution in [0.5, 0.6) is 0 Å². The van der Waals surface area contributed by atoms with E-state index in [0.717, 1.165) is 25.1 Å². The van der Waals surface area contributed by atoms with Crippen LogP contribution < -0.4 is 0 Å². The van der Waals surface area contributed by atoms with Crippen LogP contribution in [0.4, 0.5) is 0 Å². The zero-order chi connectivity index (χ0) is 12.1. The Morgan fingerprint density at radius 1 is 1.65 bits per heavy atom. The molecular weight excluding hydrogens is 218 g/mol. The second-order valence-electron chi connectivity index (χ2n) is 4.02. The number of carbonyl (C=O) groups excluding carboxylic acids is 1. The van der Waals surface area contributed by atoms with E-state index in [2.05, 4.69) is 9.97 Å². The minimum Gasteiger partial charge on any atom is -0.372 e. The average Bonchev–Trinajstić information content (AvgIpc) is 2.86. The van der Waals surface area contributed by atoms with E-state index in [4.69, 9.17) is 4.74 Å². The molecule has 17 heavy (non-hydrogen) atoms. The number of amides is 1. The van der Waals surface area contributed by atoms with Crippen LogP contribution in [0, 0.1) is 0 Å². The van der Waals surface area contributed by atoms with Gasteiger partial charge in [0, 0.05) is 19.3 Å². The lowest BCUT2D eigenvalue weighted by Gasteiger charge is -2.23. The first kappa shape index (κ1) is 12.0. The molecule has 0 spiro atoms. The summed E-state index contributed by atoms with van der Waals surface area (Å²) in [5.41, 5.74) is 0.919. The molecule has 1 aliphatic rings. The summed E-state index contributed by atoms with van der Waals surface area (Å²) < 4.78 is 5.17. The number of aromatic nitrogens is 2. The Hall–Kier alpha value is -1.49. The first-order valence-electron chi connectivity index (χ1n) is 5.96. The van der Waals surface area contributed by atoms with Crippen LogP contribution in [0.3, 0.4) is 0 Å². The molecule has 1 amide bonds. The van der Waals surface area contributed by atoms with Crippen molar-refractivity contribution in [1.29, 1.82) is 0 Å². The number of rotatable bonds is 4. The highest BCUT2D eigenvalue weighted by atomic mass is 16.5. The summed E-state index contributed by atoms with van der Waals surface area (Å²) in [6.07, 6.45) is 5.23. The Bertz CT molecular complexity index is 369. The Balaban J connectivity index is 2.05. The molecule has 1 aliphatic heterocycles. The lowest BCUT2D eigenvalue weighted by Crippen LogP contribution is -2.33. The Morgan fingerprint density at radius 2 is 2.53 bits per heavy atom. The summed E-state index contributed by atoms with van der Waals surface area (Å²) in [6, 6.07) is 1.96. The number of carbonyl (C=O) groups is 1.